The van der Waals surface area contributed by atoms with Gasteiger partial charge in [-0.25, -0.2) is 20.0 Å². The van der Waals surface area contributed by atoms with Crippen LogP contribution >= 0.6 is 7.52 Å². The topological polar surface area (TPSA) is 156 Å². The highest BCUT2D eigenvalue weighted by Gasteiger charge is 2.39. The van der Waals surface area contributed by atoms with E-state index in [4.69, 9.17) is 19.8 Å². The van der Waals surface area contributed by atoms with Gasteiger partial charge in [-0.15, -0.1) is 0 Å². The lowest BCUT2D eigenvalue weighted by Gasteiger charge is -2.29. The highest BCUT2D eigenvalue weighted by atomic mass is 31.2. The third-order valence-electron chi connectivity index (χ3n) is 4.96. The zero-order valence-corrected chi connectivity index (χ0v) is 22.4. The number of ether oxygens (including phenoxy) is 2. The first-order valence-corrected chi connectivity index (χ1v) is 13.6. The molecular formula is C22H38N7O5P. The van der Waals surface area contributed by atoms with Crippen LogP contribution in [0.25, 0.3) is 11.2 Å². The second-order valence-electron chi connectivity index (χ2n) is 9.16. The van der Waals surface area contributed by atoms with Crippen molar-refractivity contribution in [3.8, 4) is 0 Å². The molecule has 2 rings (SSSR count). The van der Waals surface area contributed by atoms with Crippen LogP contribution in [0, 0.1) is 0 Å². The SMILES string of the molecule is CCCCCCOC(=O)C(C)(C)NP(=O)(CO[C@H](C)Cn1cnc2c(N)ncnc21)ON=C(C)C. The Bertz CT molecular complexity index is 1050. The zero-order valence-electron chi connectivity index (χ0n) is 21.5. The van der Waals surface area contributed by atoms with Crippen LogP contribution in [0.15, 0.2) is 17.8 Å². The summed E-state index contributed by atoms with van der Waals surface area (Å²) in [6.07, 6.45) is 6.18. The minimum Gasteiger partial charge on any atom is -0.464 e. The Morgan fingerprint density at radius 3 is 2.69 bits per heavy atom. The molecule has 3 N–H and O–H groups in total. The van der Waals surface area contributed by atoms with E-state index in [9.17, 15) is 9.36 Å². The van der Waals surface area contributed by atoms with Crippen molar-refractivity contribution in [2.45, 2.75) is 85.4 Å². The number of hydrogen-bond donors (Lipinski definition) is 2. The standard InChI is InChI=1S/C22H38N7O5P/c1-7-8-9-10-11-32-21(30)22(5,6)28-35(31,34-27-16(2)3)15-33-17(4)12-29-14-26-18-19(23)24-13-25-20(18)29/h13-14,17H,7-12,15H2,1-6H3,(H,28,31)(H2,23,24,25)/t17-,35?/m1/s1. The highest BCUT2D eigenvalue weighted by Crippen LogP contribution is 2.45. The molecule has 2 heterocycles. The summed E-state index contributed by atoms with van der Waals surface area (Å²) in [5, 5.41) is 6.65. The van der Waals surface area contributed by atoms with Crippen LogP contribution in [-0.2, 0) is 30.0 Å². The maximum Gasteiger partial charge on any atom is 0.365 e. The monoisotopic (exact) mass is 511 g/mol. The van der Waals surface area contributed by atoms with E-state index in [1.165, 1.54) is 6.33 Å². The predicted octanol–water partition coefficient (Wildman–Crippen LogP) is 3.87. The van der Waals surface area contributed by atoms with Crippen LogP contribution in [0.2, 0.25) is 0 Å². The number of nitrogens with two attached hydrogens (primary N) is 1. The summed E-state index contributed by atoms with van der Waals surface area (Å²) in [5.41, 5.74) is 6.20. The summed E-state index contributed by atoms with van der Waals surface area (Å²) in [4.78, 5) is 25.0. The maximum absolute atomic E-state index is 13.6. The van der Waals surface area contributed by atoms with Gasteiger partial charge in [-0.3, -0.25) is 9.36 Å². The predicted molar refractivity (Wildman–Crippen MR) is 135 cm³/mol. The number of esters is 1. The summed E-state index contributed by atoms with van der Waals surface area (Å²) in [5.74, 6) is -0.234. The van der Waals surface area contributed by atoms with Gasteiger partial charge in [-0.2, -0.15) is 0 Å². The lowest BCUT2D eigenvalue weighted by Crippen LogP contribution is -2.47. The van der Waals surface area contributed by atoms with Crippen molar-refractivity contribution >= 4 is 36.2 Å². The molecule has 0 aliphatic rings. The summed E-state index contributed by atoms with van der Waals surface area (Å²) in [6, 6.07) is 0. The van der Waals surface area contributed by atoms with Crippen molar-refractivity contribution in [2.75, 3.05) is 18.7 Å². The van der Waals surface area contributed by atoms with Crippen molar-refractivity contribution < 1.29 is 23.5 Å². The first-order valence-electron chi connectivity index (χ1n) is 11.8. The van der Waals surface area contributed by atoms with E-state index in [1.807, 2.05) is 6.92 Å². The van der Waals surface area contributed by atoms with Gasteiger partial charge in [0.1, 0.15) is 23.7 Å². The van der Waals surface area contributed by atoms with Crippen LogP contribution in [0.5, 0.6) is 0 Å². The van der Waals surface area contributed by atoms with Gasteiger partial charge in [0.2, 0.25) is 0 Å². The lowest BCUT2D eigenvalue weighted by molar-refractivity contribution is -0.149. The molecule has 2 atom stereocenters. The fourth-order valence-corrected chi connectivity index (χ4v) is 5.00. The van der Waals surface area contributed by atoms with Gasteiger partial charge in [0, 0.05) is 0 Å². The van der Waals surface area contributed by atoms with Crippen molar-refractivity contribution in [2.24, 2.45) is 5.16 Å². The van der Waals surface area contributed by atoms with E-state index in [0.29, 0.717) is 30.0 Å². The summed E-state index contributed by atoms with van der Waals surface area (Å²) in [6.45, 7) is 11.2. The number of imidazole rings is 1. The molecule has 0 amide bonds. The molecule has 0 aliphatic carbocycles. The minimum atomic E-state index is -3.73. The Labute approximate surface area is 206 Å². The Hall–Kier alpha value is -2.56. The Balaban J connectivity index is 2.03. The number of oxime groups is 1. The van der Waals surface area contributed by atoms with Crippen LogP contribution in [0.4, 0.5) is 5.82 Å². The number of nitrogens with one attached hydrogen (secondary N) is 1. The average molecular weight is 512 g/mol. The van der Waals surface area contributed by atoms with E-state index in [0.717, 1.165) is 25.7 Å². The number of nitrogens with zero attached hydrogens (tertiary/aromatic N) is 5. The van der Waals surface area contributed by atoms with Crippen molar-refractivity contribution in [3.05, 3.63) is 12.7 Å². The van der Waals surface area contributed by atoms with Gasteiger partial charge in [0.25, 0.3) is 0 Å². The van der Waals surface area contributed by atoms with Gasteiger partial charge in [0.15, 0.2) is 11.5 Å². The highest BCUT2D eigenvalue weighted by molar-refractivity contribution is 7.56. The summed E-state index contributed by atoms with van der Waals surface area (Å²) in [7, 11) is -3.73. The number of hydrogen-bond acceptors (Lipinski definition) is 10. The van der Waals surface area contributed by atoms with Gasteiger partial charge in [0.05, 0.1) is 31.3 Å². The average Bonchev–Trinajstić information content (AvgIpc) is 3.20. The fourth-order valence-electron chi connectivity index (χ4n) is 3.16. The Kier molecular flexibility index (Phi) is 10.6. The zero-order chi connectivity index (χ0) is 26.1. The van der Waals surface area contributed by atoms with Crippen molar-refractivity contribution in [3.63, 3.8) is 0 Å². The smallest absolute Gasteiger partial charge is 0.365 e. The number of carbonyl (C=O) groups excluding carboxylic acids is 1. The van der Waals surface area contributed by atoms with Crippen LogP contribution in [0.1, 0.15) is 67.2 Å². The van der Waals surface area contributed by atoms with Crippen molar-refractivity contribution in [1.29, 1.82) is 0 Å². The molecule has 0 saturated carbocycles. The first kappa shape index (κ1) is 28.7. The second kappa shape index (κ2) is 12.9. The number of anilines is 1. The molecular weight excluding hydrogens is 473 g/mol. The molecule has 13 heteroatoms. The number of fused-ring (bicyclic) bond motifs is 1. The molecule has 35 heavy (non-hydrogen) atoms. The lowest BCUT2D eigenvalue weighted by atomic mass is 10.1. The number of nitrogen functional groups attached to an aromatic ring is 1. The molecule has 0 fully saturated rings. The number of unbranched alkanes of at least 4 members (excludes halogenated alkanes) is 3. The summed E-state index contributed by atoms with van der Waals surface area (Å²) >= 11 is 0. The normalized spacial score (nSPS) is 14.3. The Morgan fingerprint density at radius 2 is 2.00 bits per heavy atom. The Morgan fingerprint density at radius 1 is 1.26 bits per heavy atom. The molecule has 196 valence electrons. The maximum atomic E-state index is 13.6. The molecule has 0 aromatic carbocycles. The van der Waals surface area contributed by atoms with Gasteiger partial charge < -0.3 is 24.4 Å². The van der Waals surface area contributed by atoms with Gasteiger partial charge in [-0.05, 0) is 41.0 Å². The molecule has 12 nitrogen and oxygen atoms in total. The third kappa shape index (κ3) is 8.87. The number of aromatic nitrogens is 4. The molecule has 0 radical (unpaired) electrons. The largest absolute Gasteiger partial charge is 0.464 e. The van der Waals surface area contributed by atoms with Crippen LogP contribution in [-0.4, -0.2) is 55.8 Å². The van der Waals surface area contributed by atoms with Crippen LogP contribution < -0.4 is 10.8 Å². The molecule has 0 saturated heterocycles. The number of rotatable bonds is 15. The van der Waals surface area contributed by atoms with Gasteiger partial charge in [-0.1, -0.05) is 31.3 Å². The van der Waals surface area contributed by atoms with E-state index in [2.05, 4.69) is 32.1 Å². The molecule has 0 aliphatic heterocycles. The molecule has 1 unspecified atom stereocenters. The first-order chi connectivity index (χ1) is 16.5. The molecule has 2 aromatic heterocycles. The molecule has 0 bridgehead atoms. The van der Waals surface area contributed by atoms with Crippen LogP contribution in [0.3, 0.4) is 0 Å². The van der Waals surface area contributed by atoms with Gasteiger partial charge >= 0.3 is 13.5 Å². The third-order valence-corrected chi connectivity index (χ3v) is 6.69. The van der Waals surface area contributed by atoms with Crippen molar-refractivity contribution in [1.82, 2.24) is 24.6 Å². The minimum absolute atomic E-state index is 0.289. The van der Waals surface area contributed by atoms with E-state index >= 15 is 0 Å². The molecule has 0 spiro atoms. The fraction of sp³-hybridized carbons (Fsp3) is 0.682. The van der Waals surface area contributed by atoms with E-state index < -0.39 is 25.1 Å². The summed E-state index contributed by atoms with van der Waals surface area (Å²) < 4.78 is 31.9. The van der Waals surface area contributed by atoms with E-state index in [-0.39, 0.29) is 12.2 Å². The molecule has 2 aromatic rings. The quantitative estimate of drug-likeness (QED) is 0.118. The van der Waals surface area contributed by atoms with E-state index in [1.54, 1.807) is 38.6 Å². The number of carbonyl (C=O) groups is 1. The second-order valence-corrected chi connectivity index (χ2v) is 11.2.